The molecule has 4 fully saturated rings. The number of piperazine rings is 1. The number of benzene rings is 1. The van der Waals surface area contributed by atoms with E-state index in [2.05, 4.69) is 9.88 Å². The predicted molar refractivity (Wildman–Crippen MR) is 163 cm³/mol. The number of aromatic nitrogens is 1. The van der Waals surface area contributed by atoms with Crippen molar-refractivity contribution >= 4 is 44.7 Å². The summed E-state index contributed by atoms with van der Waals surface area (Å²) in [5, 5.41) is 10.2. The molecule has 3 atom stereocenters. The Balaban J connectivity index is 1.20. The Morgan fingerprint density at radius 1 is 1.05 bits per heavy atom. The summed E-state index contributed by atoms with van der Waals surface area (Å²) < 4.78 is 34.8. The summed E-state index contributed by atoms with van der Waals surface area (Å²) in [7, 11) is -4.02. The van der Waals surface area contributed by atoms with Crippen LogP contribution in [0, 0.1) is 5.92 Å². The van der Waals surface area contributed by atoms with Crippen LogP contribution in [0.1, 0.15) is 48.2 Å². The monoisotopic (exact) mass is 622 g/mol. The lowest BCUT2D eigenvalue weighted by atomic mass is 9.82. The zero-order valence-corrected chi connectivity index (χ0v) is 25.3. The summed E-state index contributed by atoms with van der Waals surface area (Å²) in [5.74, 6) is -0.728. The highest BCUT2D eigenvalue weighted by Crippen LogP contribution is 2.42. The molecule has 0 radical (unpaired) electrons. The van der Waals surface area contributed by atoms with Crippen molar-refractivity contribution in [3.05, 3.63) is 59.6 Å². The Labute approximate surface area is 254 Å². The van der Waals surface area contributed by atoms with E-state index >= 15 is 0 Å². The third kappa shape index (κ3) is 5.24. The fraction of sp³-hybridized carbons (Fsp3) is 0.452. The Hall–Kier alpha value is -3.32. The maximum atomic E-state index is 14.0. The number of carbonyl (C=O) groups excluding carboxylic acids is 1. The van der Waals surface area contributed by atoms with Gasteiger partial charge in [0.05, 0.1) is 37.0 Å². The second-order valence-electron chi connectivity index (χ2n) is 11.9. The summed E-state index contributed by atoms with van der Waals surface area (Å²) in [5.41, 5.74) is 1.22. The molecular formula is C31H34N4O6S2. The number of hydrogen-bond acceptors (Lipinski definition) is 8. The van der Waals surface area contributed by atoms with E-state index in [1.165, 1.54) is 10.5 Å². The van der Waals surface area contributed by atoms with Gasteiger partial charge in [0, 0.05) is 24.2 Å². The molecule has 3 aromatic rings. The van der Waals surface area contributed by atoms with Crippen LogP contribution < -0.4 is 9.80 Å². The van der Waals surface area contributed by atoms with Gasteiger partial charge in [-0.25, -0.2) is 18.2 Å². The van der Waals surface area contributed by atoms with E-state index in [1.807, 2.05) is 30.3 Å². The molecule has 226 valence electrons. The third-order valence-corrected chi connectivity index (χ3v) is 12.2. The zero-order valence-electron chi connectivity index (χ0n) is 23.7. The van der Waals surface area contributed by atoms with Gasteiger partial charge in [0.2, 0.25) is 15.9 Å². The molecule has 10 nitrogen and oxygen atoms in total. The molecule has 5 heterocycles. The second kappa shape index (κ2) is 11.3. The third-order valence-electron chi connectivity index (χ3n) is 9.27. The molecule has 7 rings (SSSR count). The van der Waals surface area contributed by atoms with E-state index in [0.29, 0.717) is 12.3 Å². The molecule has 12 heteroatoms. The van der Waals surface area contributed by atoms with E-state index in [-0.39, 0.29) is 40.9 Å². The number of carboxylic acid groups (broad SMARTS) is 1. The molecule has 4 aliphatic rings. The van der Waals surface area contributed by atoms with Crippen LogP contribution in [0.4, 0.5) is 11.5 Å². The number of nitrogens with zero attached hydrogens (tertiary/aromatic N) is 4. The number of pyridine rings is 1. The van der Waals surface area contributed by atoms with Crippen LogP contribution in [0.5, 0.6) is 0 Å². The van der Waals surface area contributed by atoms with Crippen LogP contribution in [-0.4, -0.2) is 79.1 Å². The van der Waals surface area contributed by atoms with Crippen LogP contribution >= 0.6 is 11.3 Å². The molecule has 0 spiro atoms. The first-order valence-electron chi connectivity index (χ1n) is 14.9. The molecule has 2 unspecified atom stereocenters. The van der Waals surface area contributed by atoms with E-state index in [9.17, 15) is 23.1 Å². The number of sulfonamides is 1. The Morgan fingerprint density at radius 3 is 2.49 bits per heavy atom. The van der Waals surface area contributed by atoms with Crippen molar-refractivity contribution in [1.29, 1.82) is 0 Å². The van der Waals surface area contributed by atoms with Crippen LogP contribution in [0.25, 0.3) is 10.4 Å². The SMILES string of the molecule is O=C(O)c1sc(-c2ccccc2)cc1N1C(=O)CN(S(=O)(=O)c2ccc(N3CC4CC3CO4)nc2)C[C@H]1C1CCCCC1. The van der Waals surface area contributed by atoms with Crippen molar-refractivity contribution in [2.24, 2.45) is 5.92 Å². The van der Waals surface area contributed by atoms with Gasteiger partial charge in [-0.3, -0.25) is 4.79 Å². The van der Waals surface area contributed by atoms with Crippen molar-refractivity contribution in [2.75, 3.05) is 36.0 Å². The normalized spacial score (nSPS) is 25.0. The van der Waals surface area contributed by atoms with Crippen molar-refractivity contribution < 1.29 is 27.9 Å². The molecule has 43 heavy (non-hydrogen) atoms. The lowest BCUT2D eigenvalue weighted by Gasteiger charge is -2.44. The van der Waals surface area contributed by atoms with Gasteiger partial charge >= 0.3 is 5.97 Å². The van der Waals surface area contributed by atoms with Crippen LogP contribution in [-0.2, 0) is 19.6 Å². The predicted octanol–water partition coefficient (Wildman–Crippen LogP) is 4.47. The zero-order chi connectivity index (χ0) is 29.7. The molecule has 1 amide bonds. The minimum Gasteiger partial charge on any atom is -0.477 e. The molecule has 2 aromatic heterocycles. The maximum Gasteiger partial charge on any atom is 0.348 e. The first kappa shape index (κ1) is 28.5. The number of thiophene rings is 1. The second-order valence-corrected chi connectivity index (χ2v) is 14.9. The summed E-state index contributed by atoms with van der Waals surface area (Å²) in [6, 6.07) is 14.4. The van der Waals surface area contributed by atoms with Gasteiger partial charge < -0.3 is 19.6 Å². The molecular weight excluding hydrogens is 588 g/mol. The minimum absolute atomic E-state index is 0.0497. The molecule has 3 aliphatic heterocycles. The molecule has 1 N–H and O–H groups in total. The Morgan fingerprint density at radius 2 is 1.84 bits per heavy atom. The molecule has 1 aromatic carbocycles. The van der Waals surface area contributed by atoms with Crippen LogP contribution in [0.2, 0.25) is 0 Å². The van der Waals surface area contributed by atoms with Crippen LogP contribution in [0.15, 0.2) is 59.6 Å². The molecule has 2 bridgehead atoms. The van der Waals surface area contributed by atoms with Crippen molar-refractivity contribution in [1.82, 2.24) is 9.29 Å². The first-order chi connectivity index (χ1) is 20.8. The smallest absolute Gasteiger partial charge is 0.348 e. The fourth-order valence-corrected chi connectivity index (χ4v) is 9.47. The van der Waals surface area contributed by atoms with Gasteiger partial charge in [0.15, 0.2) is 0 Å². The van der Waals surface area contributed by atoms with Gasteiger partial charge in [-0.2, -0.15) is 4.31 Å². The van der Waals surface area contributed by atoms with E-state index in [0.717, 1.165) is 72.7 Å². The fourth-order valence-electron chi connectivity index (χ4n) is 7.12. The lowest BCUT2D eigenvalue weighted by molar-refractivity contribution is -0.121. The number of fused-ring (bicyclic) bond motifs is 2. The quantitative estimate of drug-likeness (QED) is 0.410. The van der Waals surface area contributed by atoms with E-state index < -0.39 is 27.9 Å². The summed E-state index contributed by atoms with van der Waals surface area (Å²) >= 11 is 1.14. The number of rotatable bonds is 7. The lowest BCUT2D eigenvalue weighted by Crippen LogP contribution is -2.60. The van der Waals surface area contributed by atoms with Gasteiger partial charge in [-0.15, -0.1) is 11.3 Å². The van der Waals surface area contributed by atoms with Gasteiger partial charge in [-0.1, -0.05) is 49.6 Å². The Bertz CT molecular complexity index is 1620. The number of carbonyl (C=O) groups is 2. The largest absolute Gasteiger partial charge is 0.477 e. The molecule has 3 saturated heterocycles. The summed E-state index contributed by atoms with van der Waals surface area (Å²) in [4.78, 5) is 35.5. The standard InChI is InChI=1S/C31H34N4O6S2/c36-29-18-33(43(39,40)24-11-12-28(32-15-24)34-16-23-13-22(34)19-41-23)17-26(20-7-3-1-4-8-20)35(29)25-14-27(42-30(25)31(37)38)21-9-5-2-6-10-21/h2,5-6,9-12,14-15,20,22-23,26H,1,3-4,7-8,13,16-19H2,(H,37,38)/t22?,23?,26-/m0/s1. The minimum atomic E-state index is -4.02. The highest BCUT2D eigenvalue weighted by Gasteiger charge is 2.45. The Kier molecular flexibility index (Phi) is 7.48. The molecule has 1 saturated carbocycles. The summed E-state index contributed by atoms with van der Waals surface area (Å²) in [6.45, 7) is 1.14. The molecule has 1 aliphatic carbocycles. The van der Waals surface area contributed by atoms with E-state index in [4.69, 9.17) is 4.74 Å². The number of carboxylic acids is 1. The number of amides is 1. The first-order valence-corrected chi connectivity index (χ1v) is 17.1. The van der Waals surface area contributed by atoms with Crippen molar-refractivity contribution in [3.8, 4) is 10.4 Å². The highest BCUT2D eigenvalue weighted by molar-refractivity contribution is 7.89. The van der Waals surface area contributed by atoms with Crippen LogP contribution in [0.3, 0.4) is 0 Å². The van der Waals surface area contributed by atoms with Crippen molar-refractivity contribution in [3.63, 3.8) is 0 Å². The number of aromatic carboxylic acids is 1. The van der Waals surface area contributed by atoms with Gasteiger partial charge in [-0.05, 0) is 48.9 Å². The number of anilines is 2. The van der Waals surface area contributed by atoms with E-state index in [1.54, 1.807) is 23.1 Å². The average Bonchev–Trinajstić information content (AvgIpc) is 3.78. The number of morpholine rings is 1. The average molecular weight is 623 g/mol. The van der Waals surface area contributed by atoms with Gasteiger partial charge in [0.1, 0.15) is 15.6 Å². The highest BCUT2D eigenvalue weighted by atomic mass is 32.2. The summed E-state index contributed by atoms with van der Waals surface area (Å²) in [6.07, 6.45) is 7.35. The topological polar surface area (TPSA) is 120 Å². The van der Waals surface area contributed by atoms with Gasteiger partial charge in [0.25, 0.3) is 0 Å². The van der Waals surface area contributed by atoms with Crippen molar-refractivity contribution in [2.45, 2.75) is 61.6 Å². The number of hydrogen-bond donors (Lipinski definition) is 1. The number of ether oxygens (including phenoxy) is 1. The maximum absolute atomic E-state index is 14.0.